The third kappa shape index (κ3) is 2.45. The fraction of sp³-hybridized carbons (Fsp3) is 0.538. The van der Waals surface area contributed by atoms with E-state index in [9.17, 15) is 8.42 Å². The van der Waals surface area contributed by atoms with Crippen LogP contribution in [0.3, 0.4) is 0 Å². The van der Waals surface area contributed by atoms with E-state index in [0.29, 0.717) is 5.76 Å². The molecule has 1 aromatic heterocycles. The SMILES string of the molecule is C#CCOC1(c2ccc(S(C)(=O)=O)o2)CCCC1. The zero-order chi connectivity index (χ0) is 13.2. The van der Waals surface area contributed by atoms with Crippen molar-refractivity contribution in [3.8, 4) is 12.3 Å². The Labute approximate surface area is 107 Å². The molecule has 0 amide bonds. The summed E-state index contributed by atoms with van der Waals surface area (Å²) < 4.78 is 34.0. The van der Waals surface area contributed by atoms with Crippen LogP contribution in [-0.4, -0.2) is 21.3 Å². The summed E-state index contributed by atoms with van der Waals surface area (Å²) in [5.74, 6) is 3.01. The first-order valence-corrected chi connectivity index (χ1v) is 7.75. The third-order valence-corrected chi connectivity index (χ3v) is 4.19. The van der Waals surface area contributed by atoms with Crippen LogP contribution in [-0.2, 0) is 20.2 Å². The minimum absolute atomic E-state index is 0.0203. The molecule has 5 heteroatoms. The summed E-state index contributed by atoms with van der Waals surface area (Å²) in [6.07, 6.45) is 10.0. The molecular formula is C13H16O4S. The molecule has 1 heterocycles. The largest absolute Gasteiger partial charge is 0.447 e. The van der Waals surface area contributed by atoms with Crippen molar-refractivity contribution >= 4 is 9.84 Å². The van der Waals surface area contributed by atoms with Crippen LogP contribution in [0, 0.1) is 12.3 Å². The van der Waals surface area contributed by atoms with Crippen LogP contribution in [0.4, 0.5) is 0 Å². The highest BCUT2D eigenvalue weighted by atomic mass is 32.2. The van der Waals surface area contributed by atoms with Crippen molar-refractivity contribution in [2.75, 3.05) is 12.9 Å². The zero-order valence-electron chi connectivity index (χ0n) is 10.3. The van der Waals surface area contributed by atoms with Crippen LogP contribution in [0.25, 0.3) is 0 Å². The van der Waals surface area contributed by atoms with E-state index in [-0.39, 0.29) is 11.7 Å². The molecule has 1 fully saturated rings. The highest BCUT2D eigenvalue weighted by Crippen LogP contribution is 2.43. The number of hydrogen-bond acceptors (Lipinski definition) is 4. The molecular weight excluding hydrogens is 252 g/mol. The lowest BCUT2D eigenvalue weighted by Crippen LogP contribution is -2.25. The van der Waals surface area contributed by atoms with E-state index < -0.39 is 15.4 Å². The van der Waals surface area contributed by atoms with Crippen LogP contribution >= 0.6 is 0 Å². The van der Waals surface area contributed by atoms with Crippen molar-refractivity contribution in [2.45, 2.75) is 36.4 Å². The smallest absolute Gasteiger partial charge is 0.218 e. The molecule has 0 saturated heterocycles. The van der Waals surface area contributed by atoms with Gasteiger partial charge in [0.05, 0.1) is 0 Å². The van der Waals surface area contributed by atoms with E-state index in [2.05, 4.69) is 5.92 Å². The molecule has 0 aliphatic heterocycles. The third-order valence-electron chi connectivity index (χ3n) is 3.24. The Morgan fingerprint density at radius 3 is 2.61 bits per heavy atom. The Morgan fingerprint density at radius 2 is 2.11 bits per heavy atom. The second-order valence-electron chi connectivity index (χ2n) is 4.59. The molecule has 0 N–H and O–H groups in total. The van der Waals surface area contributed by atoms with Gasteiger partial charge < -0.3 is 9.15 Å². The number of furan rings is 1. The van der Waals surface area contributed by atoms with E-state index in [0.717, 1.165) is 31.9 Å². The molecule has 0 aromatic carbocycles. The van der Waals surface area contributed by atoms with Crippen molar-refractivity contribution in [1.29, 1.82) is 0 Å². The lowest BCUT2D eigenvalue weighted by Gasteiger charge is -2.25. The van der Waals surface area contributed by atoms with Gasteiger partial charge in [0.2, 0.25) is 14.9 Å². The predicted octanol–water partition coefficient (Wildman–Crippen LogP) is 2.10. The lowest BCUT2D eigenvalue weighted by molar-refractivity contribution is -0.0458. The van der Waals surface area contributed by atoms with Gasteiger partial charge in [0.25, 0.3) is 0 Å². The molecule has 0 bridgehead atoms. The number of ether oxygens (including phenoxy) is 1. The summed E-state index contributed by atoms with van der Waals surface area (Å²) in [5.41, 5.74) is -0.546. The average molecular weight is 268 g/mol. The van der Waals surface area contributed by atoms with Gasteiger partial charge in [-0.15, -0.1) is 6.42 Å². The minimum Gasteiger partial charge on any atom is -0.447 e. The number of terminal acetylenes is 1. The molecule has 1 aliphatic rings. The monoisotopic (exact) mass is 268 g/mol. The molecule has 0 unspecified atom stereocenters. The first-order valence-electron chi connectivity index (χ1n) is 5.86. The Balaban J connectivity index is 2.32. The summed E-state index contributed by atoms with van der Waals surface area (Å²) >= 11 is 0. The number of sulfone groups is 1. The van der Waals surface area contributed by atoms with E-state index in [1.54, 1.807) is 6.07 Å². The van der Waals surface area contributed by atoms with Gasteiger partial charge in [0.1, 0.15) is 18.0 Å². The predicted molar refractivity (Wildman–Crippen MR) is 66.7 cm³/mol. The molecule has 1 saturated carbocycles. The first-order chi connectivity index (χ1) is 8.48. The van der Waals surface area contributed by atoms with Gasteiger partial charge in [-0.2, -0.15) is 0 Å². The fourth-order valence-electron chi connectivity index (χ4n) is 2.35. The first kappa shape index (κ1) is 13.2. The minimum atomic E-state index is -3.32. The maximum atomic E-state index is 11.4. The second kappa shape index (κ2) is 4.79. The van der Waals surface area contributed by atoms with Crippen LogP contribution < -0.4 is 0 Å². The Morgan fingerprint density at radius 1 is 1.44 bits per heavy atom. The van der Waals surface area contributed by atoms with Gasteiger partial charge in [0, 0.05) is 6.26 Å². The average Bonchev–Trinajstić information content (AvgIpc) is 2.95. The number of rotatable bonds is 4. The molecule has 4 nitrogen and oxygen atoms in total. The molecule has 0 atom stereocenters. The highest BCUT2D eigenvalue weighted by molar-refractivity contribution is 7.90. The topological polar surface area (TPSA) is 56.5 Å². The normalized spacial score (nSPS) is 18.7. The van der Waals surface area contributed by atoms with Crippen molar-refractivity contribution in [1.82, 2.24) is 0 Å². The quantitative estimate of drug-likeness (QED) is 0.785. The fourth-order valence-corrected chi connectivity index (χ4v) is 2.91. The molecule has 1 aromatic rings. The summed E-state index contributed by atoms with van der Waals surface area (Å²) in [5, 5.41) is -0.0203. The van der Waals surface area contributed by atoms with Crippen LogP contribution in [0.1, 0.15) is 31.4 Å². The Bertz CT molecular complexity index is 556. The van der Waals surface area contributed by atoms with Crippen molar-refractivity contribution in [2.24, 2.45) is 0 Å². The van der Waals surface area contributed by atoms with Gasteiger partial charge in [-0.3, -0.25) is 0 Å². The van der Waals surface area contributed by atoms with Gasteiger partial charge in [-0.1, -0.05) is 5.92 Å². The molecule has 1 aliphatic carbocycles. The maximum Gasteiger partial charge on any atom is 0.218 e. The second-order valence-corrected chi connectivity index (χ2v) is 6.53. The Kier molecular flexibility index (Phi) is 3.51. The summed E-state index contributed by atoms with van der Waals surface area (Å²) in [4.78, 5) is 0. The van der Waals surface area contributed by atoms with Crippen LogP contribution in [0.2, 0.25) is 0 Å². The van der Waals surface area contributed by atoms with Gasteiger partial charge in [-0.25, -0.2) is 8.42 Å². The highest BCUT2D eigenvalue weighted by Gasteiger charge is 2.40. The summed E-state index contributed by atoms with van der Waals surface area (Å²) in [7, 11) is -3.32. The standard InChI is InChI=1S/C13H16O4S/c1-3-10-16-13(8-4-5-9-13)11-6-7-12(17-11)18(2,14)15/h1,6-7H,4-5,8-10H2,2H3. The van der Waals surface area contributed by atoms with Gasteiger partial charge in [0.15, 0.2) is 0 Å². The summed E-state index contributed by atoms with van der Waals surface area (Å²) in [6.45, 7) is 0.203. The van der Waals surface area contributed by atoms with E-state index in [1.807, 2.05) is 0 Å². The summed E-state index contributed by atoms with van der Waals surface area (Å²) in [6, 6.07) is 3.15. The van der Waals surface area contributed by atoms with E-state index in [1.165, 1.54) is 6.07 Å². The van der Waals surface area contributed by atoms with E-state index in [4.69, 9.17) is 15.6 Å². The van der Waals surface area contributed by atoms with Crippen LogP contribution in [0.15, 0.2) is 21.6 Å². The van der Waals surface area contributed by atoms with Crippen molar-refractivity contribution < 1.29 is 17.6 Å². The van der Waals surface area contributed by atoms with Crippen molar-refractivity contribution in [3.63, 3.8) is 0 Å². The van der Waals surface area contributed by atoms with Gasteiger partial charge >= 0.3 is 0 Å². The van der Waals surface area contributed by atoms with Crippen LogP contribution in [0.5, 0.6) is 0 Å². The Hall–Kier alpha value is -1.25. The number of hydrogen-bond donors (Lipinski definition) is 0. The van der Waals surface area contributed by atoms with Gasteiger partial charge in [-0.05, 0) is 37.8 Å². The molecule has 2 rings (SSSR count). The molecule has 0 spiro atoms. The zero-order valence-corrected chi connectivity index (χ0v) is 11.1. The molecule has 98 valence electrons. The maximum absolute atomic E-state index is 11.4. The van der Waals surface area contributed by atoms with E-state index >= 15 is 0 Å². The lowest BCUT2D eigenvalue weighted by atomic mass is 9.99. The van der Waals surface area contributed by atoms with Crippen molar-refractivity contribution in [3.05, 3.63) is 17.9 Å². The molecule has 18 heavy (non-hydrogen) atoms. The molecule has 0 radical (unpaired) electrons.